The molecule has 0 saturated heterocycles. The van der Waals surface area contributed by atoms with Crippen molar-refractivity contribution in [2.45, 2.75) is 25.8 Å². The van der Waals surface area contributed by atoms with Crippen LogP contribution in [-0.2, 0) is 6.54 Å². The molecule has 0 spiro atoms. The molecule has 2 aromatic carbocycles. The second-order valence-electron chi connectivity index (χ2n) is 7.08. The molecule has 0 bridgehead atoms. The first-order chi connectivity index (χ1) is 12.7. The molecule has 6 heteroatoms. The summed E-state index contributed by atoms with van der Waals surface area (Å²) in [6.07, 6.45) is 3.36. The number of aromatic nitrogens is 2. The van der Waals surface area contributed by atoms with Gasteiger partial charge < -0.3 is 14.6 Å². The van der Waals surface area contributed by atoms with Crippen LogP contribution in [0.15, 0.2) is 30.3 Å². The third-order valence-corrected chi connectivity index (χ3v) is 5.05. The van der Waals surface area contributed by atoms with Crippen molar-refractivity contribution < 1.29 is 13.5 Å². The summed E-state index contributed by atoms with van der Waals surface area (Å²) in [5.41, 5.74) is 2.92. The van der Waals surface area contributed by atoms with E-state index in [1.165, 1.54) is 25.0 Å². The van der Waals surface area contributed by atoms with Crippen LogP contribution in [0.1, 0.15) is 19.3 Å². The van der Waals surface area contributed by atoms with Gasteiger partial charge in [-0.3, -0.25) is 0 Å². The zero-order chi connectivity index (χ0) is 17.7. The van der Waals surface area contributed by atoms with Gasteiger partial charge in [0.1, 0.15) is 28.7 Å². The molecule has 1 aliphatic carbocycles. The lowest BCUT2D eigenvalue weighted by atomic mass is 10.2. The van der Waals surface area contributed by atoms with Gasteiger partial charge in [0.2, 0.25) is 0 Å². The van der Waals surface area contributed by atoms with Crippen LogP contribution >= 0.6 is 0 Å². The van der Waals surface area contributed by atoms with Crippen molar-refractivity contribution in [3.63, 3.8) is 0 Å². The summed E-state index contributed by atoms with van der Waals surface area (Å²) in [6.45, 7) is 2.24. The average molecular weight is 355 g/mol. The summed E-state index contributed by atoms with van der Waals surface area (Å²) in [5.74, 6) is 0.847. The van der Waals surface area contributed by atoms with Crippen molar-refractivity contribution in [1.29, 1.82) is 0 Å². The molecule has 5 rings (SSSR count). The topological polar surface area (TPSA) is 39.1 Å². The Bertz CT molecular complexity index is 994. The van der Waals surface area contributed by atoms with Gasteiger partial charge in [0, 0.05) is 30.9 Å². The molecule has 0 unspecified atom stereocenters. The fourth-order valence-corrected chi connectivity index (χ4v) is 3.53. The highest BCUT2D eigenvalue weighted by atomic mass is 19.1. The zero-order valence-corrected chi connectivity index (χ0v) is 14.3. The van der Waals surface area contributed by atoms with Gasteiger partial charge in [-0.25, -0.2) is 13.8 Å². The summed E-state index contributed by atoms with van der Waals surface area (Å²) in [7, 11) is 0. The highest BCUT2D eigenvalue weighted by Gasteiger charge is 2.23. The monoisotopic (exact) mass is 355 g/mol. The van der Waals surface area contributed by atoms with E-state index in [1.54, 1.807) is 0 Å². The fraction of sp³-hybridized carbons (Fsp3) is 0.350. The Labute approximate surface area is 149 Å². The van der Waals surface area contributed by atoms with E-state index in [-0.39, 0.29) is 0 Å². The Morgan fingerprint density at radius 2 is 2.08 bits per heavy atom. The first-order valence-corrected chi connectivity index (χ1v) is 9.05. The van der Waals surface area contributed by atoms with Crippen molar-refractivity contribution in [3.8, 4) is 17.1 Å². The average Bonchev–Trinajstić information content (AvgIpc) is 3.40. The number of nitrogens with one attached hydrogen (secondary N) is 1. The molecule has 0 atom stereocenters. The van der Waals surface area contributed by atoms with Crippen LogP contribution in [0.25, 0.3) is 22.4 Å². The molecule has 1 N–H and O–H groups in total. The molecule has 1 aliphatic heterocycles. The van der Waals surface area contributed by atoms with E-state index < -0.39 is 11.6 Å². The van der Waals surface area contributed by atoms with Gasteiger partial charge >= 0.3 is 0 Å². The molecule has 2 aliphatic rings. The predicted octanol–water partition coefficient (Wildman–Crippen LogP) is 4.59. The van der Waals surface area contributed by atoms with Gasteiger partial charge in [-0.1, -0.05) is 0 Å². The third kappa shape index (κ3) is 2.69. The molecular weight excluding hydrogens is 336 g/mol. The molecule has 1 saturated carbocycles. The van der Waals surface area contributed by atoms with Crippen LogP contribution in [0.4, 0.5) is 14.5 Å². The number of hydrogen-bond acceptors (Lipinski definition) is 3. The van der Waals surface area contributed by atoms with E-state index in [0.29, 0.717) is 24.5 Å². The standard InChI is InChI=1S/C20H19F2N3O/c21-13-4-5-15(16(22)8-13)20-24-17-9-14(23-11-12-2-3-12)10-18-19(17)25(20)6-1-7-26-18/h4-5,8-10,12,23H,1-3,6-7,11H2. The smallest absolute Gasteiger partial charge is 0.147 e. The first-order valence-electron chi connectivity index (χ1n) is 9.05. The highest BCUT2D eigenvalue weighted by Crippen LogP contribution is 2.37. The Balaban J connectivity index is 1.65. The maximum Gasteiger partial charge on any atom is 0.147 e. The molecule has 2 heterocycles. The van der Waals surface area contributed by atoms with Gasteiger partial charge in [0.25, 0.3) is 0 Å². The van der Waals surface area contributed by atoms with Gasteiger partial charge in [-0.05, 0) is 43.4 Å². The quantitative estimate of drug-likeness (QED) is 0.744. The normalized spacial score (nSPS) is 16.4. The SMILES string of the molecule is Fc1ccc(-c2nc3cc(NCC4CC4)cc4c3n2CCCO4)c(F)c1. The van der Waals surface area contributed by atoms with Crippen molar-refractivity contribution in [2.24, 2.45) is 5.92 Å². The zero-order valence-electron chi connectivity index (χ0n) is 14.3. The Morgan fingerprint density at radius 3 is 2.88 bits per heavy atom. The van der Waals surface area contributed by atoms with Crippen molar-refractivity contribution in [2.75, 3.05) is 18.5 Å². The summed E-state index contributed by atoms with van der Waals surface area (Å²) in [5, 5.41) is 3.45. The lowest BCUT2D eigenvalue weighted by Crippen LogP contribution is -2.03. The van der Waals surface area contributed by atoms with Gasteiger partial charge in [0.15, 0.2) is 0 Å². The van der Waals surface area contributed by atoms with Crippen LogP contribution in [0.5, 0.6) is 5.75 Å². The second-order valence-corrected chi connectivity index (χ2v) is 7.08. The largest absolute Gasteiger partial charge is 0.491 e. The van der Waals surface area contributed by atoms with E-state index in [4.69, 9.17) is 4.74 Å². The highest BCUT2D eigenvalue weighted by molar-refractivity contribution is 5.89. The molecule has 134 valence electrons. The summed E-state index contributed by atoms with van der Waals surface area (Å²) in [6, 6.07) is 7.60. The van der Waals surface area contributed by atoms with Crippen molar-refractivity contribution >= 4 is 16.7 Å². The number of hydrogen-bond donors (Lipinski definition) is 1. The molecule has 26 heavy (non-hydrogen) atoms. The number of rotatable bonds is 4. The van der Waals surface area contributed by atoms with Crippen LogP contribution in [0, 0.1) is 17.6 Å². The summed E-state index contributed by atoms with van der Waals surface area (Å²) in [4.78, 5) is 4.67. The van der Waals surface area contributed by atoms with Crippen LogP contribution in [0.3, 0.4) is 0 Å². The Hall–Kier alpha value is -2.63. The fourth-order valence-electron chi connectivity index (χ4n) is 3.53. The van der Waals surface area contributed by atoms with E-state index in [0.717, 1.165) is 47.4 Å². The van der Waals surface area contributed by atoms with E-state index in [1.807, 2.05) is 16.7 Å². The van der Waals surface area contributed by atoms with E-state index in [9.17, 15) is 8.78 Å². The predicted molar refractivity (Wildman–Crippen MR) is 96.4 cm³/mol. The van der Waals surface area contributed by atoms with Gasteiger partial charge in [-0.2, -0.15) is 0 Å². The minimum absolute atomic E-state index is 0.308. The molecule has 0 amide bonds. The van der Waals surface area contributed by atoms with Crippen molar-refractivity contribution in [3.05, 3.63) is 42.0 Å². The molecule has 4 nitrogen and oxygen atoms in total. The number of imidazole rings is 1. The van der Waals surface area contributed by atoms with E-state index in [2.05, 4.69) is 10.3 Å². The van der Waals surface area contributed by atoms with Crippen molar-refractivity contribution in [1.82, 2.24) is 9.55 Å². The maximum absolute atomic E-state index is 14.4. The number of anilines is 1. The Morgan fingerprint density at radius 1 is 1.19 bits per heavy atom. The molecular formula is C20H19F2N3O. The maximum atomic E-state index is 14.4. The number of nitrogens with zero attached hydrogens (tertiary/aromatic N) is 2. The molecule has 1 fully saturated rings. The number of benzene rings is 2. The number of halogens is 2. The molecule has 0 radical (unpaired) electrons. The number of ether oxygens (including phenoxy) is 1. The molecule has 1 aromatic heterocycles. The summed E-state index contributed by atoms with van der Waals surface area (Å²) < 4.78 is 35.6. The second kappa shape index (κ2) is 5.97. The van der Waals surface area contributed by atoms with Crippen LogP contribution in [0.2, 0.25) is 0 Å². The Kier molecular flexibility index (Phi) is 3.58. The lowest BCUT2D eigenvalue weighted by Gasteiger charge is -2.10. The van der Waals surface area contributed by atoms with Gasteiger partial charge in [-0.15, -0.1) is 0 Å². The number of aryl methyl sites for hydroxylation is 1. The minimum Gasteiger partial charge on any atom is -0.491 e. The summed E-state index contributed by atoms with van der Waals surface area (Å²) >= 11 is 0. The van der Waals surface area contributed by atoms with E-state index >= 15 is 0 Å². The lowest BCUT2D eigenvalue weighted by molar-refractivity contribution is 0.316. The van der Waals surface area contributed by atoms with Crippen LogP contribution < -0.4 is 10.1 Å². The minimum atomic E-state index is -0.602. The van der Waals surface area contributed by atoms with Gasteiger partial charge in [0.05, 0.1) is 17.7 Å². The van der Waals surface area contributed by atoms with Crippen LogP contribution in [-0.4, -0.2) is 22.7 Å². The third-order valence-electron chi connectivity index (χ3n) is 5.05. The molecule has 3 aromatic rings. The first kappa shape index (κ1) is 15.6.